The highest BCUT2D eigenvalue weighted by Crippen LogP contribution is 2.06. The highest BCUT2D eigenvalue weighted by molar-refractivity contribution is 14.1. The van der Waals surface area contributed by atoms with Crippen molar-refractivity contribution in [3.63, 3.8) is 0 Å². The molecule has 68 valence electrons. The summed E-state index contributed by atoms with van der Waals surface area (Å²) < 4.78 is 1.05. The van der Waals surface area contributed by atoms with Crippen LogP contribution in [0, 0.1) is 3.57 Å². The first-order chi connectivity index (χ1) is 6.09. The summed E-state index contributed by atoms with van der Waals surface area (Å²) >= 11 is 2.15. The molecule has 4 heteroatoms. The molecule has 0 aliphatic carbocycles. The minimum absolute atomic E-state index is 0.344. The third-order valence-electron chi connectivity index (χ3n) is 1.40. The van der Waals surface area contributed by atoms with E-state index in [1.54, 1.807) is 12.1 Å². The molecule has 0 heterocycles. The van der Waals surface area contributed by atoms with E-state index in [1.165, 1.54) is 6.92 Å². The molecule has 0 spiro atoms. The van der Waals surface area contributed by atoms with Gasteiger partial charge in [-0.1, -0.05) is 0 Å². The average molecular weight is 289 g/mol. The lowest BCUT2D eigenvalue weighted by Gasteiger charge is -2.00. The number of amides is 2. The minimum atomic E-state index is -0.357. The summed E-state index contributed by atoms with van der Waals surface area (Å²) in [6, 6.07) is 6.99. The molecule has 0 aliphatic rings. The summed E-state index contributed by atoms with van der Waals surface area (Å²) in [6.07, 6.45) is 0. The number of rotatable bonds is 1. The van der Waals surface area contributed by atoms with E-state index in [2.05, 4.69) is 27.9 Å². The molecule has 1 aromatic carbocycles. The van der Waals surface area contributed by atoms with Gasteiger partial charge in [0.1, 0.15) is 0 Å². The van der Waals surface area contributed by atoms with Crippen molar-refractivity contribution in [3.05, 3.63) is 33.4 Å². The Labute approximate surface area is 89.7 Å². The second-order valence-corrected chi connectivity index (χ2v) is 3.76. The SMILES string of the molecule is CC(=O)NC(=O)c1ccc(I)cc1. The van der Waals surface area contributed by atoms with Crippen LogP contribution in [0.4, 0.5) is 0 Å². The number of benzene rings is 1. The van der Waals surface area contributed by atoms with Crippen molar-refractivity contribution < 1.29 is 9.59 Å². The second-order valence-electron chi connectivity index (χ2n) is 2.52. The van der Waals surface area contributed by atoms with Crippen LogP contribution in [-0.2, 0) is 4.79 Å². The summed E-state index contributed by atoms with van der Waals surface area (Å²) in [4.78, 5) is 21.8. The maximum atomic E-state index is 11.2. The molecule has 0 aromatic heterocycles. The van der Waals surface area contributed by atoms with Crippen LogP contribution in [0.2, 0.25) is 0 Å². The van der Waals surface area contributed by atoms with Crippen LogP contribution < -0.4 is 5.32 Å². The van der Waals surface area contributed by atoms with Gasteiger partial charge in [0.05, 0.1) is 0 Å². The number of halogens is 1. The van der Waals surface area contributed by atoms with E-state index in [0.29, 0.717) is 5.56 Å². The summed E-state index contributed by atoms with van der Waals surface area (Å²) in [5, 5.41) is 2.20. The van der Waals surface area contributed by atoms with E-state index in [4.69, 9.17) is 0 Å². The van der Waals surface area contributed by atoms with Crippen molar-refractivity contribution >= 4 is 34.4 Å². The Morgan fingerprint density at radius 2 is 1.77 bits per heavy atom. The highest BCUT2D eigenvalue weighted by Gasteiger charge is 2.05. The molecule has 0 bridgehead atoms. The quantitative estimate of drug-likeness (QED) is 0.798. The van der Waals surface area contributed by atoms with Crippen LogP contribution in [-0.4, -0.2) is 11.8 Å². The van der Waals surface area contributed by atoms with Gasteiger partial charge in [0.15, 0.2) is 0 Å². The fourth-order valence-corrected chi connectivity index (χ4v) is 1.19. The molecular formula is C9H8INO2. The minimum Gasteiger partial charge on any atom is -0.293 e. The molecule has 1 N–H and O–H groups in total. The van der Waals surface area contributed by atoms with Crippen LogP contribution in [0.5, 0.6) is 0 Å². The molecule has 0 atom stereocenters. The largest absolute Gasteiger partial charge is 0.293 e. The number of imide groups is 1. The van der Waals surface area contributed by atoms with Gasteiger partial charge in [-0.3, -0.25) is 14.9 Å². The number of carbonyl (C=O) groups excluding carboxylic acids is 2. The zero-order valence-electron chi connectivity index (χ0n) is 7.00. The first kappa shape index (κ1) is 10.2. The Morgan fingerprint density at radius 3 is 2.23 bits per heavy atom. The lowest BCUT2D eigenvalue weighted by Crippen LogP contribution is -2.27. The second kappa shape index (κ2) is 4.36. The van der Waals surface area contributed by atoms with E-state index in [1.807, 2.05) is 12.1 Å². The average Bonchev–Trinajstić information content (AvgIpc) is 2.04. The molecule has 13 heavy (non-hydrogen) atoms. The van der Waals surface area contributed by atoms with E-state index in [-0.39, 0.29) is 11.8 Å². The Kier molecular flexibility index (Phi) is 3.41. The predicted molar refractivity (Wildman–Crippen MR) is 57.3 cm³/mol. The van der Waals surface area contributed by atoms with E-state index < -0.39 is 0 Å². The van der Waals surface area contributed by atoms with Gasteiger partial charge in [-0.05, 0) is 46.9 Å². The maximum absolute atomic E-state index is 11.2. The van der Waals surface area contributed by atoms with E-state index >= 15 is 0 Å². The number of carbonyl (C=O) groups is 2. The molecule has 0 aliphatic heterocycles. The molecule has 0 unspecified atom stereocenters. The van der Waals surface area contributed by atoms with Crippen LogP contribution in [0.15, 0.2) is 24.3 Å². The Morgan fingerprint density at radius 1 is 1.23 bits per heavy atom. The van der Waals surface area contributed by atoms with Crippen LogP contribution in [0.1, 0.15) is 17.3 Å². The first-order valence-electron chi connectivity index (χ1n) is 3.67. The summed E-state index contributed by atoms with van der Waals surface area (Å²) in [5.74, 6) is -0.701. The third kappa shape index (κ3) is 3.14. The van der Waals surface area contributed by atoms with Crippen molar-refractivity contribution in [1.82, 2.24) is 5.32 Å². The van der Waals surface area contributed by atoms with Gasteiger partial charge in [-0.25, -0.2) is 0 Å². The smallest absolute Gasteiger partial charge is 0.257 e. The number of hydrogen-bond acceptors (Lipinski definition) is 2. The lowest BCUT2D eigenvalue weighted by atomic mass is 10.2. The Hall–Kier alpha value is -0.910. The van der Waals surface area contributed by atoms with Gasteiger partial charge in [0.2, 0.25) is 5.91 Å². The summed E-state index contributed by atoms with van der Waals surface area (Å²) in [6.45, 7) is 1.31. The fraction of sp³-hybridized carbons (Fsp3) is 0.111. The molecule has 3 nitrogen and oxygen atoms in total. The maximum Gasteiger partial charge on any atom is 0.257 e. The van der Waals surface area contributed by atoms with Gasteiger partial charge in [0, 0.05) is 16.1 Å². The number of hydrogen-bond donors (Lipinski definition) is 1. The molecule has 0 radical (unpaired) electrons. The molecule has 1 rings (SSSR count). The summed E-state index contributed by atoms with van der Waals surface area (Å²) in [5.41, 5.74) is 0.496. The van der Waals surface area contributed by atoms with Gasteiger partial charge >= 0.3 is 0 Å². The molecule has 0 saturated carbocycles. The van der Waals surface area contributed by atoms with Gasteiger partial charge in [-0.15, -0.1) is 0 Å². The van der Waals surface area contributed by atoms with Crippen molar-refractivity contribution in [2.24, 2.45) is 0 Å². The van der Waals surface area contributed by atoms with Crippen molar-refractivity contribution in [3.8, 4) is 0 Å². The molecule has 0 fully saturated rings. The molecule has 1 aromatic rings. The topological polar surface area (TPSA) is 46.2 Å². The Balaban J connectivity index is 2.78. The van der Waals surface area contributed by atoms with Crippen molar-refractivity contribution in [2.75, 3.05) is 0 Å². The fourth-order valence-electron chi connectivity index (χ4n) is 0.833. The zero-order valence-corrected chi connectivity index (χ0v) is 9.16. The van der Waals surface area contributed by atoms with Crippen molar-refractivity contribution in [1.29, 1.82) is 0 Å². The monoisotopic (exact) mass is 289 g/mol. The van der Waals surface area contributed by atoms with Crippen LogP contribution >= 0.6 is 22.6 Å². The molecule has 2 amide bonds. The highest BCUT2D eigenvalue weighted by atomic mass is 127. The molecule has 0 saturated heterocycles. The van der Waals surface area contributed by atoms with Crippen LogP contribution in [0.25, 0.3) is 0 Å². The standard InChI is InChI=1S/C9H8INO2/c1-6(12)11-9(13)7-2-4-8(10)5-3-7/h2-5H,1H3,(H,11,12,13). The third-order valence-corrected chi connectivity index (χ3v) is 2.12. The number of nitrogens with one attached hydrogen (secondary N) is 1. The summed E-state index contributed by atoms with van der Waals surface area (Å²) in [7, 11) is 0. The molecular weight excluding hydrogens is 281 g/mol. The first-order valence-corrected chi connectivity index (χ1v) is 4.75. The van der Waals surface area contributed by atoms with Crippen molar-refractivity contribution in [2.45, 2.75) is 6.92 Å². The van der Waals surface area contributed by atoms with Gasteiger partial charge in [0.25, 0.3) is 5.91 Å². The van der Waals surface area contributed by atoms with Gasteiger partial charge in [-0.2, -0.15) is 0 Å². The Bertz CT molecular complexity index is 332. The predicted octanol–water partition coefficient (Wildman–Crippen LogP) is 1.57. The normalized spacial score (nSPS) is 9.38. The van der Waals surface area contributed by atoms with E-state index in [9.17, 15) is 9.59 Å². The van der Waals surface area contributed by atoms with Crippen LogP contribution in [0.3, 0.4) is 0 Å². The zero-order chi connectivity index (χ0) is 9.84. The lowest BCUT2D eigenvalue weighted by molar-refractivity contribution is -0.118. The van der Waals surface area contributed by atoms with Gasteiger partial charge < -0.3 is 0 Å². The van der Waals surface area contributed by atoms with E-state index in [0.717, 1.165) is 3.57 Å².